The number of hydrogen-bond acceptors (Lipinski definition) is 1. The van der Waals surface area contributed by atoms with Gasteiger partial charge in [-0.05, 0) is 38.6 Å². The summed E-state index contributed by atoms with van der Waals surface area (Å²) >= 11 is 0. The van der Waals surface area contributed by atoms with Gasteiger partial charge < -0.3 is 5.32 Å². The van der Waals surface area contributed by atoms with E-state index in [9.17, 15) is 0 Å². The summed E-state index contributed by atoms with van der Waals surface area (Å²) in [7, 11) is 0. The molecule has 10 heavy (non-hydrogen) atoms. The van der Waals surface area contributed by atoms with Crippen LogP contribution in [0.15, 0.2) is 12.7 Å². The van der Waals surface area contributed by atoms with Crippen LogP contribution in [0.5, 0.6) is 0 Å². The minimum atomic E-state index is 0.623. The van der Waals surface area contributed by atoms with Crippen LogP contribution >= 0.6 is 0 Å². The fraction of sp³-hybridized carbons (Fsp3) is 0.778. The summed E-state index contributed by atoms with van der Waals surface area (Å²) in [5, 5.41) is 3.47. The van der Waals surface area contributed by atoms with Crippen molar-refractivity contribution in [1.82, 2.24) is 5.32 Å². The molecule has 0 aromatic carbocycles. The maximum absolute atomic E-state index is 3.70. The Hall–Kier alpha value is -0.300. The zero-order valence-electron chi connectivity index (χ0n) is 6.77. The van der Waals surface area contributed by atoms with Crippen molar-refractivity contribution < 1.29 is 0 Å². The molecule has 1 aliphatic carbocycles. The third kappa shape index (κ3) is 3.02. The highest BCUT2D eigenvalue weighted by Gasteiger charge is 2.20. The van der Waals surface area contributed by atoms with Crippen LogP contribution in [0.1, 0.15) is 26.2 Å². The molecule has 0 amide bonds. The number of nitrogens with one attached hydrogen (secondary N) is 1. The van der Waals surface area contributed by atoms with E-state index < -0.39 is 0 Å². The molecule has 1 atom stereocenters. The Morgan fingerprint density at radius 2 is 2.40 bits per heavy atom. The van der Waals surface area contributed by atoms with E-state index >= 15 is 0 Å². The molecule has 1 aliphatic rings. The van der Waals surface area contributed by atoms with Gasteiger partial charge in [-0.2, -0.15) is 0 Å². The molecule has 0 saturated heterocycles. The highest BCUT2D eigenvalue weighted by Crippen LogP contribution is 2.27. The van der Waals surface area contributed by atoms with E-state index in [0.29, 0.717) is 6.04 Å². The van der Waals surface area contributed by atoms with Gasteiger partial charge in [0.05, 0.1) is 0 Å². The number of rotatable bonds is 5. The van der Waals surface area contributed by atoms with Crippen LogP contribution in [0, 0.1) is 5.92 Å². The van der Waals surface area contributed by atoms with Gasteiger partial charge in [0, 0.05) is 6.04 Å². The van der Waals surface area contributed by atoms with Crippen molar-refractivity contribution >= 4 is 0 Å². The average molecular weight is 139 g/mol. The molecule has 0 aliphatic heterocycles. The molecule has 0 radical (unpaired) electrons. The standard InChI is InChI=1S/C9H17N/c1-3-4-8(2)10-7-9-5-6-9/h3,8-10H,1,4-7H2,2H3. The molecule has 1 N–H and O–H groups in total. The van der Waals surface area contributed by atoms with Gasteiger partial charge in [0.15, 0.2) is 0 Å². The molecule has 0 spiro atoms. The Balaban J connectivity index is 1.93. The van der Waals surface area contributed by atoms with E-state index in [4.69, 9.17) is 0 Å². The van der Waals surface area contributed by atoms with Gasteiger partial charge >= 0.3 is 0 Å². The first-order chi connectivity index (χ1) is 4.83. The largest absolute Gasteiger partial charge is 0.314 e. The van der Waals surface area contributed by atoms with Crippen molar-refractivity contribution in [2.75, 3.05) is 6.54 Å². The van der Waals surface area contributed by atoms with E-state index in [1.807, 2.05) is 6.08 Å². The van der Waals surface area contributed by atoms with Gasteiger partial charge in [-0.1, -0.05) is 6.08 Å². The van der Waals surface area contributed by atoms with Gasteiger partial charge in [0.1, 0.15) is 0 Å². The summed E-state index contributed by atoms with van der Waals surface area (Å²) in [6.45, 7) is 7.13. The number of hydrogen-bond donors (Lipinski definition) is 1. The van der Waals surface area contributed by atoms with Crippen LogP contribution in [0.2, 0.25) is 0 Å². The summed E-state index contributed by atoms with van der Waals surface area (Å²) in [5.74, 6) is 0.993. The molecule has 0 heterocycles. The monoisotopic (exact) mass is 139 g/mol. The second-order valence-corrected chi connectivity index (χ2v) is 3.28. The first-order valence-corrected chi connectivity index (χ1v) is 4.17. The van der Waals surface area contributed by atoms with E-state index in [-0.39, 0.29) is 0 Å². The third-order valence-corrected chi connectivity index (χ3v) is 1.97. The van der Waals surface area contributed by atoms with Crippen LogP contribution < -0.4 is 5.32 Å². The molecule has 0 aromatic rings. The summed E-state index contributed by atoms with van der Waals surface area (Å²) in [6.07, 6.45) is 5.94. The lowest BCUT2D eigenvalue weighted by atomic mass is 10.2. The maximum Gasteiger partial charge on any atom is 0.00732 e. The predicted octanol–water partition coefficient (Wildman–Crippen LogP) is 1.95. The lowest BCUT2D eigenvalue weighted by Gasteiger charge is -2.09. The third-order valence-electron chi connectivity index (χ3n) is 1.97. The van der Waals surface area contributed by atoms with Crippen LogP contribution in [0.25, 0.3) is 0 Å². The minimum absolute atomic E-state index is 0.623. The van der Waals surface area contributed by atoms with Crippen molar-refractivity contribution in [2.45, 2.75) is 32.2 Å². The molecule has 1 nitrogen and oxygen atoms in total. The van der Waals surface area contributed by atoms with Crippen molar-refractivity contribution in [1.29, 1.82) is 0 Å². The minimum Gasteiger partial charge on any atom is -0.314 e. The zero-order chi connectivity index (χ0) is 7.40. The van der Waals surface area contributed by atoms with E-state index in [1.165, 1.54) is 19.4 Å². The van der Waals surface area contributed by atoms with Crippen LogP contribution in [0.4, 0.5) is 0 Å². The normalized spacial score (nSPS) is 20.5. The van der Waals surface area contributed by atoms with Crippen LogP contribution in [-0.4, -0.2) is 12.6 Å². The van der Waals surface area contributed by atoms with Crippen LogP contribution in [-0.2, 0) is 0 Å². The van der Waals surface area contributed by atoms with Crippen molar-refractivity contribution in [2.24, 2.45) is 5.92 Å². The van der Waals surface area contributed by atoms with E-state index in [2.05, 4.69) is 18.8 Å². The molecule has 1 heteroatoms. The Labute approximate surface area is 63.5 Å². The fourth-order valence-electron chi connectivity index (χ4n) is 1.02. The van der Waals surface area contributed by atoms with Crippen molar-refractivity contribution in [3.05, 3.63) is 12.7 Å². The molecule has 1 fully saturated rings. The van der Waals surface area contributed by atoms with Gasteiger partial charge in [-0.15, -0.1) is 6.58 Å². The Bertz CT molecular complexity index is 105. The Morgan fingerprint density at radius 1 is 1.70 bits per heavy atom. The van der Waals surface area contributed by atoms with Crippen molar-refractivity contribution in [3.8, 4) is 0 Å². The van der Waals surface area contributed by atoms with E-state index in [1.54, 1.807) is 0 Å². The molecule has 1 rings (SSSR count). The molecule has 0 aromatic heterocycles. The maximum atomic E-state index is 3.70. The average Bonchev–Trinajstić information content (AvgIpc) is 2.67. The lowest BCUT2D eigenvalue weighted by Crippen LogP contribution is -2.27. The first-order valence-electron chi connectivity index (χ1n) is 4.17. The second kappa shape index (κ2) is 3.77. The fourth-order valence-corrected chi connectivity index (χ4v) is 1.02. The zero-order valence-corrected chi connectivity index (χ0v) is 6.77. The quantitative estimate of drug-likeness (QED) is 0.574. The summed E-state index contributed by atoms with van der Waals surface area (Å²) in [6, 6.07) is 0.623. The molecule has 1 saturated carbocycles. The van der Waals surface area contributed by atoms with Crippen molar-refractivity contribution in [3.63, 3.8) is 0 Å². The van der Waals surface area contributed by atoms with Gasteiger partial charge in [0.2, 0.25) is 0 Å². The molecular formula is C9H17N. The van der Waals surface area contributed by atoms with Gasteiger partial charge in [0.25, 0.3) is 0 Å². The van der Waals surface area contributed by atoms with Gasteiger partial charge in [-0.25, -0.2) is 0 Å². The molecular weight excluding hydrogens is 122 g/mol. The highest BCUT2D eigenvalue weighted by atomic mass is 14.9. The summed E-state index contributed by atoms with van der Waals surface area (Å²) in [4.78, 5) is 0. The topological polar surface area (TPSA) is 12.0 Å². The SMILES string of the molecule is C=CCC(C)NCC1CC1. The molecule has 1 unspecified atom stereocenters. The lowest BCUT2D eigenvalue weighted by molar-refractivity contribution is 0.532. The van der Waals surface area contributed by atoms with Crippen LogP contribution in [0.3, 0.4) is 0 Å². The highest BCUT2D eigenvalue weighted by molar-refractivity contribution is 4.79. The Morgan fingerprint density at radius 3 is 2.90 bits per heavy atom. The Kier molecular flexibility index (Phi) is 2.94. The molecule has 58 valence electrons. The van der Waals surface area contributed by atoms with E-state index in [0.717, 1.165) is 12.3 Å². The molecule has 0 bridgehead atoms. The first kappa shape index (κ1) is 7.80. The predicted molar refractivity (Wildman–Crippen MR) is 45.0 cm³/mol. The van der Waals surface area contributed by atoms with Gasteiger partial charge in [-0.3, -0.25) is 0 Å². The smallest absolute Gasteiger partial charge is 0.00732 e. The summed E-state index contributed by atoms with van der Waals surface area (Å²) < 4.78 is 0. The summed E-state index contributed by atoms with van der Waals surface area (Å²) in [5.41, 5.74) is 0. The second-order valence-electron chi connectivity index (χ2n) is 3.28.